The average molecular weight is 297 g/mol. The van der Waals surface area contributed by atoms with Crippen molar-refractivity contribution in [3.8, 4) is 0 Å². The Morgan fingerprint density at radius 2 is 1.48 bits per heavy atom. The molecule has 0 radical (unpaired) electrons. The van der Waals surface area contributed by atoms with Gasteiger partial charge in [-0.2, -0.15) is 0 Å². The molecule has 1 rings (SSSR count). The molecule has 1 N–H and O–H groups in total. The van der Waals surface area contributed by atoms with Crippen molar-refractivity contribution < 1.29 is 14.7 Å². The second-order valence-electron chi connectivity index (χ2n) is 7.54. The maximum Gasteiger partial charge on any atom is 0.303 e. The van der Waals surface area contributed by atoms with Crippen LogP contribution in [0.1, 0.15) is 66.2 Å². The molecule has 0 bridgehead atoms. The van der Waals surface area contributed by atoms with Gasteiger partial charge in [0.05, 0.1) is 6.42 Å². The molecule has 0 aromatic heterocycles. The standard InChI is InChI=1S/C17H31NO3/c1-13(2)11-18(12-14(3)4)15(19)9-17(10-16(20)21)7-5-6-8-17/h13-14H,5-12H2,1-4H3,(H,20,21). The number of carbonyl (C=O) groups is 2. The quantitative estimate of drug-likeness (QED) is 0.745. The topological polar surface area (TPSA) is 57.6 Å². The molecule has 0 saturated heterocycles. The third-order valence-electron chi connectivity index (χ3n) is 4.24. The Kier molecular flexibility index (Phi) is 6.69. The van der Waals surface area contributed by atoms with Crippen molar-refractivity contribution in [3.63, 3.8) is 0 Å². The number of hydrogen-bond acceptors (Lipinski definition) is 2. The van der Waals surface area contributed by atoms with Gasteiger partial charge >= 0.3 is 5.97 Å². The van der Waals surface area contributed by atoms with Crippen LogP contribution in [0.2, 0.25) is 0 Å². The molecule has 4 nitrogen and oxygen atoms in total. The lowest BCUT2D eigenvalue weighted by Crippen LogP contribution is -2.40. The normalized spacial score (nSPS) is 17.4. The minimum absolute atomic E-state index is 0.135. The summed E-state index contributed by atoms with van der Waals surface area (Å²) in [6.07, 6.45) is 4.39. The van der Waals surface area contributed by atoms with Crippen LogP contribution in [0.3, 0.4) is 0 Å². The Hall–Kier alpha value is -1.06. The maximum absolute atomic E-state index is 12.7. The molecular weight excluding hydrogens is 266 g/mol. The highest BCUT2D eigenvalue weighted by molar-refractivity contribution is 5.78. The Labute approximate surface area is 128 Å². The van der Waals surface area contributed by atoms with Crippen LogP contribution in [0, 0.1) is 17.3 Å². The minimum atomic E-state index is -0.774. The molecular formula is C17H31NO3. The summed E-state index contributed by atoms with van der Waals surface area (Å²) in [4.78, 5) is 25.8. The summed E-state index contributed by atoms with van der Waals surface area (Å²) < 4.78 is 0. The van der Waals surface area contributed by atoms with Gasteiger partial charge in [0.25, 0.3) is 0 Å². The number of aliphatic carboxylic acids is 1. The van der Waals surface area contributed by atoms with Crippen LogP contribution >= 0.6 is 0 Å². The lowest BCUT2D eigenvalue weighted by atomic mass is 9.79. The first-order chi connectivity index (χ1) is 9.74. The van der Waals surface area contributed by atoms with E-state index < -0.39 is 5.97 Å². The first-order valence-corrected chi connectivity index (χ1v) is 8.24. The van der Waals surface area contributed by atoms with Crippen molar-refractivity contribution >= 4 is 11.9 Å². The largest absolute Gasteiger partial charge is 0.481 e. The van der Waals surface area contributed by atoms with E-state index in [0.717, 1.165) is 38.8 Å². The zero-order valence-electron chi connectivity index (χ0n) is 14.0. The van der Waals surface area contributed by atoms with Crippen molar-refractivity contribution in [3.05, 3.63) is 0 Å². The molecule has 122 valence electrons. The fraction of sp³-hybridized carbons (Fsp3) is 0.882. The SMILES string of the molecule is CC(C)CN(CC(C)C)C(=O)CC1(CC(=O)O)CCCC1. The number of carboxylic acid groups (broad SMARTS) is 1. The Balaban J connectivity index is 2.74. The lowest BCUT2D eigenvalue weighted by Gasteiger charge is -2.32. The molecule has 0 aliphatic heterocycles. The molecule has 4 heteroatoms. The summed E-state index contributed by atoms with van der Waals surface area (Å²) in [6.45, 7) is 9.99. The van der Waals surface area contributed by atoms with E-state index in [1.54, 1.807) is 0 Å². The molecule has 0 spiro atoms. The van der Waals surface area contributed by atoms with E-state index in [2.05, 4.69) is 27.7 Å². The van der Waals surface area contributed by atoms with Gasteiger partial charge in [-0.05, 0) is 30.1 Å². The summed E-state index contributed by atoms with van der Waals surface area (Å²) in [7, 11) is 0. The van der Waals surface area contributed by atoms with Crippen LogP contribution in [-0.2, 0) is 9.59 Å². The summed E-state index contributed by atoms with van der Waals surface area (Å²) >= 11 is 0. The first kappa shape index (κ1) is 18.0. The lowest BCUT2D eigenvalue weighted by molar-refractivity contribution is -0.141. The van der Waals surface area contributed by atoms with Crippen molar-refractivity contribution in [2.45, 2.75) is 66.2 Å². The fourth-order valence-electron chi connectivity index (χ4n) is 3.45. The smallest absolute Gasteiger partial charge is 0.303 e. The number of amides is 1. The van der Waals surface area contributed by atoms with Gasteiger partial charge in [0.1, 0.15) is 0 Å². The van der Waals surface area contributed by atoms with Crippen LogP contribution in [0.25, 0.3) is 0 Å². The predicted octanol–water partition coefficient (Wildman–Crippen LogP) is 3.55. The number of carboxylic acids is 1. The van der Waals surface area contributed by atoms with Gasteiger partial charge in [0.2, 0.25) is 5.91 Å². The Morgan fingerprint density at radius 1 is 1.00 bits per heavy atom. The highest BCUT2D eigenvalue weighted by atomic mass is 16.4. The second-order valence-corrected chi connectivity index (χ2v) is 7.54. The molecule has 0 aromatic rings. The summed E-state index contributed by atoms with van der Waals surface area (Å²) in [5.74, 6) is 0.239. The molecule has 0 atom stereocenters. The van der Waals surface area contributed by atoms with Gasteiger partial charge in [0.15, 0.2) is 0 Å². The van der Waals surface area contributed by atoms with E-state index in [9.17, 15) is 9.59 Å². The number of rotatable bonds is 8. The van der Waals surface area contributed by atoms with Crippen LogP contribution in [-0.4, -0.2) is 35.0 Å². The van der Waals surface area contributed by atoms with Gasteiger partial charge in [-0.1, -0.05) is 40.5 Å². The van der Waals surface area contributed by atoms with Gasteiger partial charge in [-0.3, -0.25) is 9.59 Å². The van der Waals surface area contributed by atoms with Crippen LogP contribution in [0.4, 0.5) is 0 Å². The molecule has 1 aliphatic carbocycles. The summed E-state index contributed by atoms with van der Waals surface area (Å²) in [5.41, 5.74) is -0.297. The van der Waals surface area contributed by atoms with Crippen molar-refractivity contribution in [1.82, 2.24) is 4.90 Å². The zero-order chi connectivity index (χ0) is 16.0. The van der Waals surface area contributed by atoms with Gasteiger partial charge in [-0.25, -0.2) is 0 Å². The van der Waals surface area contributed by atoms with Crippen LogP contribution in [0.5, 0.6) is 0 Å². The monoisotopic (exact) mass is 297 g/mol. The molecule has 0 heterocycles. The highest BCUT2D eigenvalue weighted by Gasteiger charge is 2.39. The van der Waals surface area contributed by atoms with E-state index in [4.69, 9.17) is 5.11 Å². The second kappa shape index (κ2) is 7.81. The minimum Gasteiger partial charge on any atom is -0.481 e. The average Bonchev–Trinajstić information content (AvgIpc) is 2.74. The highest BCUT2D eigenvalue weighted by Crippen LogP contribution is 2.44. The van der Waals surface area contributed by atoms with E-state index >= 15 is 0 Å². The predicted molar refractivity (Wildman–Crippen MR) is 84.0 cm³/mol. The van der Waals surface area contributed by atoms with Crippen LogP contribution < -0.4 is 0 Å². The Morgan fingerprint density at radius 3 is 1.86 bits per heavy atom. The fourth-order valence-corrected chi connectivity index (χ4v) is 3.45. The third-order valence-corrected chi connectivity index (χ3v) is 4.24. The number of carbonyl (C=O) groups excluding carboxylic acids is 1. The van der Waals surface area contributed by atoms with Crippen LogP contribution in [0.15, 0.2) is 0 Å². The van der Waals surface area contributed by atoms with E-state index in [0.29, 0.717) is 18.3 Å². The van der Waals surface area contributed by atoms with Crippen molar-refractivity contribution in [1.29, 1.82) is 0 Å². The van der Waals surface area contributed by atoms with Crippen molar-refractivity contribution in [2.75, 3.05) is 13.1 Å². The summed E-state index contributed by atoms with van der Waals surface area (Å²) in [5, 5.41) is 9.16. The maximum atomic E-state index is 12.7. The van der Waals surface area contributed by atoms with Crippen molar-refractivity contribution in [2.24, 2.45) is 17.3 Å². The van der Waals surface area contributed by atoms with Gasteiger partial charge in [-0.15, -0.1) is 0 Å². The molecule has 21 heavy (non-hydrogen) atoms. The Bertz CT molecular complexity index is 347. The van der Waals surface area contributed by atoms with E-state index in [1.165, 1.54) is 0 Å². The van der Waals surface area contributed by atoms with Gasteiger partial charge < -0.3 is 10.0 Å². The molecule has 1 saturated carbocycles. The molecule has 1 aliphatic rings. The van der Waals surface area contributed by atoms with E-state index in [-0.39, 0.29) is 17.7 Å². The molecule has 0 unspecified atom stereocenters. The molecule has 0 aromatic carbocycles. The molecule has 1 fully saturated rings. The van der Waals surface area contributed by atoms with E-state index in [1.807, 2.05) is 4.90 Å². The third kappa shape index (κ3) is 6.06. The summed E-state index contributed by atoms with van der Waals surface area (Å²) in [6, 6.07) is 0. The number of nitrogens with zero attached hydrogens (tertiary/aromatic N) is 1. The number of hydrogen-bond donors (Lipinski definition) is 1. The first-order valence-electron chi connectivity index (χ1n) is 8.24. The van der Waals surface area contributed by atoms with Gasteiger partial charge in [0, 0.05) is 19.5 Å². The zero-order valence-corrected chi connectivity index (χ0v) is 14.0. The molecule has 1 amide bonds.